The van der Waals surface area contributed by atoms with Gasteiger partial charge >= 0.3 is 0 Å². The van der Waals surface area contributed by atoms with Gasteiger partial charge in [-0.1, -0.05) is 0 Å². The first kappa shape index (κ1) is 15.1. The molecule has 3 N–H and O–H groups in total. The summed E-state index contributed by atoms with van der Waals surface area (Å²) in [4.78, 5) is 6.45. The van der Waals surface area contributed by atoms with Crippen molar-refractivity contribution in [3.63, 3.8) is 0 Å². The van der Waals surface area contributed by atoms with Crippen LogP contribution in [-0.2, 0) is 10.2 Å². The number of anilines is 1. The van der Waals surface area contributed by atoms with Crippen molar-refractivity contribution in [2.75, 3.05) is 24.5 Å². The fraction of sp³-hybridized carbons (Fsp3) is 0.462. The molecule has 3 rings (SSSR count). The first-order valence-corrected chi connectivity index (χ1v) is 8.57. The van der Waals surface area contributed by atoms with E-state index in [1.54, 1.807) is 12.4 Å². The molecule has 0 aliphatic carbocycles. The van der Waals surface area contributed by atoms with E-state index in [2.05, 4.69) is 24.8 Å². The molecule has 1 fully saturated rings. The van der Waals surface area contributed by atoms with Crippen LogP contribution in [0.5, 0.6) is 0 Å². The van der Waals surface area contributed by atoms with Gasteiger partial charge in [-0.05, 0) is 25.3 Å². The molecule has 0 atom stereocenters. The number of nitrogens with two attached hydrogens (primary N) is 1. The molecule has 0 spiro atoms. The van der Waals surface area contributed by atoms with Crippen molar-refractivity contribution in [3.8, 4) is 0 Å². The van der Waals surface area contributed by atoms with Crippen LogP contribution in [0.1, 0.15) is 12.1 Å². The minimum atomic E-state index is -3.59. The average Bonchev–Trinajstić information content (AvgIpc) is 2.40. The lowest BCUT2D eigenvalue weighted by Gasteiger charge is -2.41. The van der Waals surface area contributed by atoms with E-state index in [1.165, 1.54) is 0 Å². The Hall–Kier alpha value is -1.84. The molecule has 0 unspecified atom stereocenters. The van der Waals surface area contributed by atoms with Gasteiger partial charge in [-0.15, -0.1) is 5.10 Å². The van der Waals surface area contributed by atoms with Crippen LogP contribution in [0.15, 0.2) is 18.5 Å². The summed E-state index contributed by atoms with van der Waals surface area (Å²) in [6.07, 6.45) is 4.26. The van der Waals surface area contributed by atoms with E-state index in [4.69, 9.17) is 5.14 Å². The molecule has 0 aromatic carbocycles. The number of nitrogens with one attached hydrogen (secondary N) is 1. The standard InChI is InChI=1S/C13H18N6O2S/c1-9-4-11-12(5-15-9)18-16-6-13(11)19-7-10(8-19)2-3-17-22(14,20)21/h4-6,10,17H,2-3,7-8H2,1H3,(H2,14,20,21). The number of aryl methyl sites for hydroxylation is 1. The third-order valence-electron chi connectivity index (χ3n) is 3.79. The lowest BCUT2D eigenvalue weighted by atomic mass is 9.95. The van der Waals surface area contributed by atoms with Crippen molar-refractivity contribution in [2.45, 2.75) is 13.3 Å². The summed E-state index contributed by atoms with van der Waals surface area (Å²) in [7, 11) is -3.59. The summed E-state index contributed by atoms with van der Waals surface area (Å²) in [5.74, 6) is 0.445. The van der Waals surface area contributed by atoms with Gasteiger partial charge in [-0.25, -0.2) is 9.86 Å². The number of hydrogen-bond donors (Lipinski definition) is 2. The van der Waals surface area contributed by atoms with E-state index in [-0.39, 0.29) is 0 Å². The minimum Gasteiger partial charge on any atom is -0.369 e. The first-order chi connectivity index (χ1) is 10.4. The summed E-state index contributed by atoms with van der Waals surface area (Å²) in [5, 5.41) is 14.1. The molecule has 8 nitrogen and oxygen atoms in total. The lowest BCUT2D eigenvalue weighted by molar-refractivity contribution is 0.384. The Morgan fingerprint density at radius 3 is 2.91 bits per heavy atom. The van der Waals surface area contributed by atoms with Crippen molar-refractivity contribution in [3.05, 3.63) is 24.2 Å². The van der Waals surface area contributed by atoms with Gasteiger partial charge in [-0.3, -0.25) is 4.98 Å². The minimum absolute atomic E-state index is 0.371. The number of nitrogens with zero attached hydrogens (tertiary/aromatic N) is 4. The zero-order valence-corrected chi connectivity index (χ0v) is 13.0. The molecule has 9 heteroatoms. The Bertz CT molecular complexity index is 788. The topological polar surface area (TPSA) is 114 Å². The zero-order chi connectivity index (χ0) is 15.7. The molecule has 0 amide bonds. The van der Waals surface area contributed by atoms with Gasteiger partial charge in [0.15, 0.2) is 0 Å². The Balaban J connectivity index is 1.64. The van der Waals surface area contributed by atoms with E-state index in [0.717, 1.165) is 41.8 Å². The Kier molecular flexibility index (Phi) is 3.94. The van der Waals surface area contributed by atoms with Crippen LogP contribution in [0.3, 0.4) is 0 Å². The van der Waals surface area contributed by atoms with Crippen LogP contribution in [0.4, 0.5) is 5.69 Å². The molecular weight excluding hydrogens is 304 g/mol. The molecule has 1 aliphatic heterocycles. The third kappa shape index (κ3) is 3.32. The van der Waals surface area contributed by atoms with Crippen LogP contribution >= 0.6 is 0 Å². The maximum absolute atomic E-state index is 10.8. The maximum Gasteiger partial charge on any atom is 0.274 e. The summed E-state index contributed by atoms with van der Waals surface area (Å²) in [6.45, 7) is 4.06. The zero-order valence-electron chi connectivity index (χ0n) is 12.2. The largest absolute Gasteiger partial charge is 0.369 e. The van der Waals surface area contributed by atoms with Gasteiger partial charge in [0.1, 0.15) is 5.52 Å². The number of hydrogen-bond acceptors (Lipinski definition) is 6. The van der Waals surface area contributed by atoms with Gasteiger partial charge in [0.05, 0.1) is 18.1 Å². The van der Waals surface area contributed by atoms with E-state index in [9.17, 15) is 8.42 Å². The van der Waals surface area contributed by atoms with E-state index in [1.807, 2.05) is 13.0 Å². The molecule has 2 aromatic rings. The predicted octanol–water partition coefficient (Wildman–Crippen LogP) is -0.0474. The summed E-state index contributed by atoms with van der Waals surface area (Å²) >= 11 is 0. The fourth-order valence-corrected chi connectivity index (χ4v) is 3.06. The van der Waals surface area contributed by atoms with Gasteiger partial charge in [0.25, 0.3) is 10.2 Å². The van der Waals surface area contributed by atoms with Crippen molar-refractivity contribution >= 4 is 26.8 Å². The molecule has 2 aromatic heterocycles. The van der Waals surface area contributed by atoms with Gasteiger partial charge < -0.3 is 4.90 Å². The number of pyridine rings is 1. The van der Waals surface area contributed by atoms with Gasteiger partial charge in [-0.2, -0.15) is 13.5 Å². The SMILES string of the molecule is Cc1cc2c(N3CC(CCNS(N)(=O)=O)C3)cnnc2cn1. The molecular formula is C13H18N6O2S. The van der Waals surface area contributed by atoms with Crippen LogP contribution in [0.25, 0.3) is 10.9 Å². The highest BCUT2D eigenvalue weighted by molar-refractivity contribution is 7.87. The van der Waals surface area contributed by atoms with Crippen LogP contribution in [0.2, 0.25) is 0 Å². The predicted molar refractivity (Wildman–Crippen MR) is 83.5 cm³/mol. The molecule has 1 saturated heterocycles. The molecule has 0 saturated carbocycles. The Morgan fingerprint density at radius 2 is 2.18 bits per heavy atom. The Labute approximate surface area is 128 Å². The second kappa shape index (κ2) is 5.75. The highest BCUT2D eigenvalue weighted by Gasteiger charge is 2.28. The monoisotopic (exact) mass is 322 g/mol. The fourth-order valence-electron chi connectivity index (χ4n) is 2.66. The maximum atomic E-state index is 10.8. The Morgan fingerprint density at radius 1 is 1.41 bits per heavy atom. The quantitative estimate of drug-likeness (QED) is 0.798. The second-order valence-corrected chi connectivity index (χ2v) is 6.95. The smallest absolute Gasteiger partial charge is 0.274 e. The van der Waals surface area contributed by atoms with Gasteiger partial charge in [0.2, 0.25) is 0 Å². The average molecular weight is 322 g/mol. The third-order valence-corrected chi connectivity index (χ3v) is 4.40. The molecule has 118 valence electrons. The van der Waals surface area contributed by atoms with Gasteiger partial charge in [0, 0.05) is 30.7 Å². The molecule has 22 heavy (non-hydrogen) atoms. The number of fused-ring (bicyclic) bond motifs is 1. The highest BCUT2D eigenvalue weighted by Crippen LogP contribution is 2.31. The van der Waals surface area contributed by atoms with Crippen molar-refractivity contribution in [1.29, 1.82) is 0 Å². The first-order valence-electron chi connectivity index (χ1n) is 7.03. The normalized spacial score (nSPS) is 16.0. The summed E-state index contributed by atoms with van der Waals surface area (Å²) in [6, 6.07) is 2.01. The second-order valence-electron chi connectivity index (χ2n) is 5.57. The molecule has 0 radical (unpaired) electrons. The van der Waals surface area contributed by atoms with Crippen molar-refractivity contribution in [2.24, 2.45) is 11.1 Å². The molecule has 1 aliphatic rings. The van der Waals surface area contributed by atoms with E-state index >= 15 is 0 Å². The van der Waals surface area contributed by atoms with Crippen molar-refractivity contribution < 1.29 is 8.42 Å². The van der Waals surface area contributed by atoms with Crippen molar-refractivity contribution in [1.82, 2.24) is 19.9 Å². The summed E-state index contributed by atoms with van der Waals surface area (Å²) < 4.78 is 24.0. The van der Waals surface area contributed by atoms with Crippen LogP contribution in [-0.4, -0.2) is 43.2 Å². The lowest BCUT2D eigenvalue weighted by Crippen LogP contribution is -2.48. The highest BCUT2D eigenvalue weighted by atomic mass is 32.2. The number of aromatic nitrogens is 3. The van der Waals surface area contributed by atoms with E-state index in [0.29, 0.717) is 12.5 Å². The van der Waals surface area contributed by atoms with E-state index < -0.39 is 10.2 Å². The number of rotatable bonds is 5. The van der Waals surface area contributed by atoms with Crippen LogP contribution in [0, 0.1) is 12.8 Å². The molecule has 0 bridgehead atoms. The van der Waals surface area contributed by atoms with Crippen LogP contribution < -0.4 is 14.8 Å². The molecule has 3 heterocycles. The summed E-state index contributed by atoms with van der Waals surface area (Å²) in [5.41, 5.74) is 2.77.